The van der Waals surface area contributed by atoms with Gasteiger partial charge in [0, 0.05) is 538 Å². The first-order valence-electron chi connectivity index (χ1n) is 0. The van der Waals surface area contributed by atoms with Gasteiger partial charge in [0.05, 0.1) is 0 Å². The summed E-state index contributed by atoms with van der Waals surface area (Å²) in [5, 5.41) is 0. The van der Waals surface area contributed by atoms with Crippen LogP contribution in [0.5, 0.6) is 0 Å². The van der Waals surface area contributed by atoms with E-state index in [1.54, 1.807) is 0 Å². The van der Waals surface area contributed by atoms with Crippen LogP contribution in [0.3, 0.4) is 0 Å². The maximum absolute atomic E-state index is 0. The maximum Gasteiger partial charge on any atom is 0 e. The Morgan fingerprint density at radius 1 is 0.0345 bits per heavy atom. The molecule has 0 heterocycles. The van der Waals surface area contributed by atoms with Gasteiger partial charge in [-0.25, -0.2) is 0 Å². The summed E-state index contributed by atoms with van der Waals surface area (Å²) in [6.07, 6.45) is 0. The van der Waals surface area contributed by atoms with Crippen molar-refractivity contribution >= 4 is 0 Å². The summed E-state index contributed by atoms with van der Waals surface area (Å²) in [5.41, 5.74) is 0. The van der Waals surface area contributed by atoms with Gasteiger partial charge in [-0.15, -0.1) is 0 Å². The van der Waals surface area contributed by atoms with Crippen LogP contribution in [0.15, 0.2) is 0 Å². The molecule has 0 aromatic carbocycles. The summed E-state index contributed by atoms with van der Waals surface area (Å²) >= 11 is 0. The zero-order valence-corrected chi connectivity index (χ0v) is 53.5. The van der Waals surface area contributed by atoms with Crippen molar-refractivity contribution in [2.24, 2.45) is 0 Å². The molecule has 0 aliphatic rings. The minimum atomic E-state index is 0. The second-order valence-corrected chi connectivity index (χ2v) is 0. The van der Waals surface area contributed by atoms with Gasteiger partial charge in [-0.2, -0.15) is 0 Å². The first-order chi connectivity index (χ1) is 0. The molecule has 0 bridgehead atoms. The molecule has 29 heavy (non-hydrogen) atoms. The molecule has 0 atom stereocenters. The van der Waals surface area contributed by atoms with Gasteiger partial charge in [-0.3, -0.25) is 0 Å². The average Bonchev–Trinajstić information content (AvgIpc) is 0. The Balaban J connectivity index is 0. The topological polar surface area (TPSA) is 0 Å². The molecule has 0 N–H and O–H groups in total. The van der Waals surface area contributed by atoms with Crippen LogP contribution in [0.4, 0.5) is 0 Å². The molecule has 0 spiro atoms. The molecular weight excluding hydrogens is 1480 g/mol. The monoisotopic (exact) mass is 1480 g/mol. The van der Waals surface area contributed by atoms with E-state index in [9.17, 15) is 0 Å². The molecular formula is V29. The van der Waals surface area contributed by atoms with E-state index in [0.717, 1.165) is 0 Å². The molecule has 0 aromatic rings. The molecule has 145 valence electrons. The molecule has 29 heteroatoms. The van der Waals surface area contributed by atoms with Gasteiger partial charge in [0.25, 0.3) is 0 Å². The van der Waals surface area contributed by atoms with Gasteiger partial charge in [-0.1, -0.05) is 0 Å². The third-order valence-corrected chi connectivity index (χ3v) is 0. The summed E-state index contributed by atoms with van der Waals surface area (Å²) in [5.74, 6) is 0. The van der Waals surface area contributed by atoms with Crippen LogP contribution in [0.25, 0.3) is 0 Å². The van der Waals surface area contributed by atoms with E-state index in [-0.39, 0.29) is 538 Å². The first-order valence-corrected chi connectivity index (χ1v) is 0. The molecule has 0 aliphatic carbocycles. The van der Waals surface area contributed by atoms with Crippen molar-refractivity contribution in [1.29, 1.82) is 0 Å². The Hall–Kier alpha value is 16.9. The van der Waals surface area contributed by atoms with E-state index in [2.05, 4.69) is 0 Å². The van der Waals surface area contributed by atoms with Crippen molar-refractivity contribution in [1.82, 2.24) is 0 Å². The van der Waals surface area contributed by atoms with Crippen molar-refractivity contribution in [2.75, 3.05) is 0 Å². The molecule has 0 fully saturated rings. The summed E-state index contributed by atoms with van der Waals surface area (Å²) in [6.45, 7) is 0. The summed E-state index contributed by atoms with van der Waals surface area (Å²) < 4.78 is 0. The van der Waals surface area contributed by atoms with Gasteiger partial charge in [0.2, 0.25) is 0 Å². The molecule has 0 rings (SSSR count). The van der Waals surface area contributed by atoms with E-state index in [0.29, 0.717) is 0 Å². The standard InChI is InChI=1S/29V. The van der Waals surface area contributed by atoms with Crippen LogP contribution in [-0.2, 0) is 538 Å². The molecule has 0 amide bonds. The van der Waals surface area contributed by atoms with E-state index in [1.807, 2.05) is 0 Å². The minimum absolute atomic E-state index is 0. The van der Waals surface area contributed by atoms with Crippen molar-refractivity contribution in [3.05, 3.63) is 0 Å². The normalized spacial score (nSPS) is 0. The van der Waals surface area contributed by atoms with Gasteiger partial charge >= 0.3 is 0 Å². The minimum Gasteiger partial charge on any atom is 0 e. The molecule has 29 radical (unpaired) electrons. The van der Waals surface area contributed by atoms with Gasteiger partial charge in [-0.05, 0) is 0 Å². The smallest absolute Gasteiger partial charge is 0 e. The van der Waals surface area contributed by atoms with Crippen molar-refractivity contribution in [3.8, 4) is 0 Å². The molecule has 0 unspecified atom stereocenters. The Labute approximate surface area is 524 Å². The Bertz CT molecular complexity index is 0. The molecule has 0 aromatic heterocycles. The summed E-state index contributed by atoms with van der Waals surface area (Å²) in [7, 11) is 0. The molecule has 0 saturated carbocycles. The van der Waals surface area contributed by atoms with Crippen molar-refractivity contribution < 1.29 is 538 Å². The van der Waals surface area contributed by atoms with E-state index < -0.39 is 0 Å². The second kappa shape index (κ2) is 302. The van der Waals surface area contributed by atoms with Crippen LogP contribution in [0.1, 0.15) is 0 Å². The van der Waals surface area contributed by atoms with Crippen LogP contribution in [-0.4, -0.2) is 0 Å². The van der Waals surface area contributed by atoms with Crippen LogP contribution in [0, 0.1) is 0 Å². The summed E-state index contributed by atoms with van der Waals surface area (Å²) in [6, 6.07) is 0. The second-order valence-electron chi connectivity index (χ2n) is 0. The van der Waals surface area contributed by atoms with E-state index >= 15 is 0 Å². The third kappa shape index (κ3) is 289. The quantitative estimate of drug-likeness (QED) is 0.320. The summed E-state index contributed by atoms with van der Waals surface area (Å²) in [4.78, 5) is 0. The van der Waals surface area contributed by atoms with Crippen LogP contribution < -0.4 is 0 Å². The van der Waals surface area contributed by atoms with Gasteiger partial charge in [0.15, 0.2) is 0 Å². The Kier molecular flexibility index (Phi) is 3370. The van der Waals surface area contributed by atoms with E-state index in [1.165, 1.54) is 0 Å². The van der Waals surface area contributed by atoms with E-state index in [4.69, 9.17) is 0 Å². The Morgan fingerprint density at radius 3 is 0.0345 bits per heavy atom. The SMILES string of the molecule is [V].[V].[V].[V].[V].[V].[V].[V].[V].[V].[V].[V].[V].[V].[V].[V].[V].[V].[V].[V].[V].[V].[V].[V].[V].[V].[V].[V].[V]. The predicted molar refractivity (Wildman–Crippen MR) is 0 cm³/mol. The maximum atomic E-state index is 0. The molecule has 0 saturated heterocycles. The number of hydrogen-bond donors (Lipinski definition) is 0. The fourth-order valence-electron chi connectivity index (χ4n) is 0. The average molecular weight is 1480 g/mol. The first kappa shape index (κ1) is 323. The van der Waals surface area contributed by atoms with Crippen molar-refractivity contribution in [2.45, 2.75) is 0 Å². The molecule has 0 aliphatic heterocycles. The van der Waals surface area contributed by atoms with Crippen molar-refractivity contribution in [3.63, 3.8) is 0 Å². The number of rotatable bonds is 0. The predicted octanol–water partition coefficient (Wildman–Crippen LogP) is -0.0725. The Morgan fingerprint density at radius 2 is 0.0345 bits per heavy atom. The third-order valence-electron chi connectivity index (χ3n) is 0. The zero-order chi connectivity index (χ0) is 0. The largest absolute Gasteiger partial charge is 0 e. The fourth-order valence-corrected chi connectivity index (χ4v) is 0. The number of hydrogen-bond acceptors (Lipinski definition) is 0. The zero-order valence-electron chi connectivity index (χ0n) is 13.0. The van der Waals surface area contributed by atoms with Gasteiger partial charge < -0.3 is 0 Å². The van der Waals surface area contributed by atoms with Crippen LogP contribution in [0.2, 0.25) is 0 Å². The van der Waals surface area contributed by atoms with Crippen LogP contribution >= 0.6 is 0 Å². The molecule has 0 nitrogen and oxygen atoms in total. The fraction of sp³-hybridized carbons (Fsp3) is 0. The van der Waals surface area contributed by atoms with Gasteiger partial charge in [0.1, 0.15) is 0 Å².